The van der Waals surface area contributed by atoms with Crippen molar-refractivity contribution >= 4 is 22.9 Å². The van der Waals surface area contributed by atoms with Gasteiger partial charge in [-0.3, -0.25) is 9.59 Å². The Kier molecular flexibility index (Phi) is 5.54. The van der Waals surface area contributed by atoms with E-state index >= 15 is 0 Å². The molecule has 0 bridgehead atoms. The SMILES string of the molecule is COC(=O)CCCN(C)C(=O)c1cc2cnn(C(C)C)c2nc1C. The van der Waals surface area contributed by atoms with E-state index < -0.39 is 0 Å². The molecule has 0 radical (unpaired) electrons. The molecule has 2 aromatic heterocycles. The number of hydrogen-bond acceptors (Lipinski definition) is 5. The second-order valence-corrected chi connectivity index (χ2v) is 6.12. The number of hydrogen-bond donors (Lipinski definition) is 0. The molecule has 0 atom stereocenters. The van der Waals surface area contributed by atoms with E-state index in [2.05, 4.69) is 14.8 Å². The molecule has 2 rings (SSSR count). The first kappa shape index (κ1) is 17.9. The third-order valence-electron chi connectivity index (χ3n) is 3.93. The molecule has 0 N–H and O–H groups in total. The summed E-state index contributed by atoms with van der Waals surface area (Å²) in [6, 6.07) is 2.04. The number of pyridine rings is 1. The Balaban J connectivity index is 2.17. The van der Waals surface area contributed by atoms with Gasteiger partial charge in [-0.25, -0.2) is 9.67 Å². The van der Waals surface area contributed by atoms with E-state index in [1.807, 2.05) is 31.5 Å². The lowest BCUT2D eigenvalue weighted by Crippen LogP contribution is -2.29. The minimum atomic E-state index is -0.267. The van der Waals surface area contributed by atoms with Crippen LogP contribution < -0.4 is 0 Å². The topological polar surface area (TPSA) is 77.3 Å². The summed E-state index contributed by atoms with van der Waals surface area (Å²) in [5.41, 5.74) is 2.02. The number of aryl methyl sites for hydroxylation is 1. The average Bonchev–Trinajstić information content (AvgIpc) is 2.95. The Morgan fingerprint density at radius 1 is 1.38 bits per heavy atom. The normalized spacial score (nSPS) is 11.1. The lowest BCUT2D eigenvalue weighted by atomic mass is 10.1. The smallest absolute Gasteiger partial charge is 0.305 e. The Hall–Kier alpha value is -2.44. The molecule has 7 nitrogen and oxygen atoms in total. The summed E-state index contributed by atoms with van der Waals surface area (Å²) in [5, 5.41) is 5.19. The zero-order valence-corrected chi connectivity index (χ0v) is 14.9. The lowest BCUT2D eigenvalue weighted by Gasteiger charge is -2.18. The number of aromatic nitrogens is 3. The van der Waals surface area contributed by atoms with Crippen LogP contribution in [0.25, 0.3) is 11.0 Å². The van der Waals surface area contributed by atoms with Gasteiger partial charge in [0.05, 0.1) is 24.6 Å². The van der Waals surface area contributed by atoms with Crippen LogP contribution in [0, 0.1) is 6.92 Å². The van der Waals surface area contributed by atoms with Gasteiger partial charge in [-0.1, -0.05) is 0 Å². The van der Waals surface area contributed by atoms with E-state index in [1.165, 1.54) is 7.11 Å². The highest BCUT2D eigenvalue weighted by Gasteiger charge is 2.18. The van der Waals surface area contributed by atoms with Crippen molar-refractivity contribution in [3.63, 3.8) is 0 Å². The van der Waals surface area contributed by atoms with E-state index in [-0.39, 0.29) is 17.9 Å². The van der Waals surface area contributed by atoms with Gasteiger partial charge in [0.15, 0.2) is 5.65 Å². The molecule has 0 unspecified atom stereocenters. The third kappa shape index (κ3) is 3.72. The molecule has 7 heteroatoms. The second kappa shape index (κ2) is 7.42. The minimum Gasteiger partial charge on any atom is -0.469 e. The summed E-state index contributed by atoms with van der Waals surface area (Å²) in [6.45, 7) is 6.39. The van der Waals surface area contributed by atoms with Crippen LogP contribution in [0.15, 0.2) is 12.3 Å². The largest absolute Gasteiger partial charge is 0.469 e. The fourth-order valence-corrected chi connectivity index (χ4v) is 2.53. The molecule has 2 aromatic rings. The molecule has 1 amide bonds. The van der Waals surface area contributed by atoms with E-state index in [0.29, 0.717) is 30.6 Å². The fourth-order valence-electron chi connectivity index (χ4n) is 2.53. The standard InChI is InChI=1S/C17H24N4O3/c1-11(2)21-16-13(10-18-21)9-14(12(3)19-16)17(23)20(4)8-6-7-15(22)24-5/h9-11H,6-8H2,1-5H3. The van der Waals surface area contributed by atoms with Crippen LogP contribution in [0.2, 0.25) is 0 Å². The van der Waals surface area contributed by atoms with Crippen molar-refractivity contribution in [1.82, 2.24) is 19.7 Å². The Bertz CT molecular complexity index is 752. The van der Waals surface area contributed by atoms with Gasteiger partial charge < -0.3 is 9.64 Å². The first-order chi connectivity index (χ1) is 11.3. The van der Waals surface area contributed by atoms with Gasteiger partial charge in [-0.05, 0) is 33.3 Å². The second-order valence-electron chi connectivity index (χ2n) is 6.12. The number of rotatable bonds is 6. The highest BCUT2D eigenvalue weighted by molar-refractivity contribution is 5.98. The summed E-state index contributed by atoms with van der Waals surface area (Å²) in [5.74, 6) is -0.375. The first-order valence-corrected chi connectivity index (χ1v) is 8.02. The maximum absolute atomic E-state index is 12.6. The van der Waals surface area contributed by atoms with Crippen LogP contribution >= 0.6 is 0 Å². The van der Waals surface area contributed by atoms with E-state index in [1.54, 1.807) is 18.1 Å². The molecule has 0 aliphatic heterocycles. The molecule has 0 aliphatic carbocycles. The van der Waals surface area contributed by atoms with Crippen molar-refractivity contribution in [2.75, 3.05) is 20.7 Å². The van der Waals surface area contributed by atoms with E-state index in [0.717, 1.165) is 11.0 Å². The van der Waals surface area contributed by atoms with Crippen molar-refractivity contribution in [3.05, 3.63) is 23.5 Å². The van der Waals surface area contributed by atoms with Crippen LogP contribution in [-0.4, -0.2) is 52.2 Å². The van der Waals surface area contributed by atoms with Gasteiger partial charge in [0, 0.05) is 31.4 Å². The zero-order valence-electron chi connectivity index (χ0n) is 14.9. The Morgan fingerprint density at radius 2 is 2.08 bits per heavy atom. The Labute approximate surface area is 141 Å². The minimum absolute atomic E-state index is 0.107. The number of carbonyl (C=O) groups is 2. The molecule has 0 spiro atoms. The molecular weight excluding hydrogens is 308 g/mol. The average molecular weight is 332 g/mol. The molecule has 0 saturated heterocycles. The van der Waals surface area contributed by atoms with Crippen molar-refractivity contribution in [1.29, 1.82) is 0 Å². The van der Waals surface area contributed by atoms with Gasteiger partial charge in [-0.2, -0.15) is 5.10 Å². The van der Waals surface area contributed by atoms with Gasteiger partial charge >= 0.3 is 5.97 Å². The van der Waals surface area contributed by atoms with Crippen LogP contribution in [0.5, 0.6) is 0 Å². The third-order valence-corrected chi connectivity index (χ3v) is 3.93. The highest BCUT2D eigenvalue weighted by Crippen LogP contribution is 2.20. The Morgan fingerprint density at radius 3 is 2.71 bits per heavy atom. The van der Waals surface area contributed by atoms with Crippen LogP contribution in [0.1, 0.15) is 48.8 Å². The molecule has 2 heterocycles. The lowest BCUT2D eigenvalue weighted by molar-refractivity contribution is -0.140. The quantitative estimate of drug-likeness (QED) is 0.759. The number of fused-ring (bicyclic) bond motifs is 1. The zero-order chi connectivity index (χ0) is 17.9. The number of amides is 1. The molecule has 24 heavy (non-hydrogen) atoms. The van der Waals surface area contributed by atoms with Crippen LogP contribution in [-0.2, 0) is 9.53 Å². The van der Waals surface area contributed by atoms with Gasteiger partial charge in [0.2, 0.25) is 0 Å². The van der Waals surface area contributed by atoms with Crippen molar-refractivity contribution in [2.24, 2.45) is 0 Å². The van der Waals surface area contributed by atoms with Gasteiger partial charge in [0.25, 0.3) is 5.91 Å². The molecule has 0 aliphatic rings. The van der Waals surface area contributed by atoms with E-state index in [9.17, 15) is 9.59 Å². The summed E-state index contributed by atoms with van der Waals surface area (Å²) < 4.78 is 6.45. The summed E-state index contributed by atoms with van der Waals surface area (Å²) in [7, 11) is 3.08. The molecule has 0 fully saturated rings. The summed E-state index contributed by atoms with van der Waals surface area (Å²) >= 11 is 0. The molecule has 130 valence electrons. The van der Waals surface area contributed by atoms with Crippen LogP contribution in [0.4, 0.5) is 0 Å². The van der Waals surface area contributed by atoms with Gasteiger partial charge in [-0.15, -0.1) is 0 Å². The maximum Gasteiger partial charge on any atom is 0.305 e. The molecular formula is C17H24N4O3. The highest BCUT2D eigenvalue weighted by atomic mass is 16.5. The number of methoxy groups -OCH3 is 1. The molecule has 0 aromatic carbocycles. The number of esters is 1. The number of carbonyl (C=O) groups excluding carboxylic acids is 2. The number of nitrogens with zero attached hydrogens (tertiary/aromatic N) is 4. The molecule has 0 saturated carbocycles. The van der Waals surface area contributed by atoms with E-state index in [4.69, 9.17) is 0 Å². The fraction of sp³-hybridized carbons (Fsp3) is 0.529. The summed E-state index contributed by atoms with van der Waals surface area (Å²) in [4.78, 5) is 29.9. The van der Waals surface area contributed by atoms with Crippen molar-refractivity contribution in [2.45, 2.75) is 39.7 Å². The predicted octanol–water partition coefficient (Wildman–Crippen LogP) is 2.35. The summed E-state index contributed by atoms with van der Waals surface area (Å²) in [6.07, 6.45) is 2.59. The maximum atomic E-state index is 12.6. The van der Waals surface area contributed by atoms with Crippen molar-refractivity contribution < 1.29 is 14.3 Å². The van der Waals surface area contributed by atoms with Crippen molar-refractivity contribution in [3.8, 4) is 0 Å². The predicted molar refractivity (Wildman–Crippen MR) is 90.9 cm³/mol. The first-order valence-electron chi connectivity index (χ1n) is 8.02. The van der Waals surface area contributed by atoms with Crippen LogP contribution in [0.3, 0.4) is 0 Å². The number of ether oxygens (including phenoxy) is 1. The van der Waals surface area contributed by atoms with Gasteiger partial charge in [0.1, 0.15) is 0 Å². The monoisotopic (exact) mass is 332 g/mol.